The Kier molecular flexibility index (Phi) is 5.27. The van der Waals surface area contributed by atoms with Crippen molar-refractivity contribution >= 4 is 26.9 Å². The zero-order valence-electron chi connectivity index (χ0n) is 16.3. The molecule has 0 spiro atoms. The number of fused-ring (bicyclic) bond motifs is 1. The van der Waals surface area contributed by atoms with Crippen molar-refractivity contribution in [3.8, 4) is 6.07 Å². The number of nitriles is 1. The standard InChI is InChI=1S/C19H20N6O4S/c1-24-16-10-14(2-3-17(16)29-19(24)26)30(27,28)23-12-13-4-8-25(9-5-13)18-15(11-20)21-6-7-22-18/h2-3,6-7,10,13,23H,4-5,8-9,12H2,1H3. The number of sulfonamides is 1. The van der Waals surface area contributed by atoms with Gasteiger partial charge in [-0.05, 0) is 37.0 Å². The lowest BCUT2D eigenvalue weighted by atomic mass is 9.97. The summed E-state index contributed by atoms with van der Waals surface area (Å²) >= 11 is 0. The number of hydrogen-bond acceptors (Lipinski definition) is 8. The molecule has 1 fully saturated rings. The molecular weight excluding hydrogens is 408 g/mol. The highest BCUT2D eigenvalue weighted by Crippen LogP contribution is 2.24. The van der Waals surface area contributed by atoms with Crippen LogP contribution in [0.25, 0.3) is 11.1 Å². The quantitative estimate of drug-likeness (QED) is 0.636. The number of oxazole rings is 1. The van der Waals surface area contributed by atoms with Gasteiger partial charge in [0.05, 0.1) is 10.4 Å². The van der Waals surface area contributed by atoms with Crippen LogP contribution in [0.3, 0.4) is 0 Å². The van der Waals surface area contributed by atoms with Crippen LogP contribution in [0, 0.1) is 17.2 Å². The van der Waals surface area contributed by atoms with Gasteiger partial charge in [0.2, 0.25) is 10.0 Å². The predicted molar refractivity (Wildman–Crippen MR) is 108 cm³/mol. The molecule has 1 aliphatic heterocycles. The monoisotopic (exact) mass is 428 g/mol. The number of aromatic nitrogens is 3. The Morgan fingerprint density at radius 2 is 2.00 bits per heavy atom. The van der Waals surface area contributed by atoms with Crippen molar-refractivity contribution in [2.45, 2.75) is 17.7 Å². The minimum absolute atomic E-state index is 0.0852. The largest absolute Gasteiger partial charge is 0.419 e. The number of benzene rings is 1. The molecule has 1 aliphatic rings. The van der Waals surface area contributed by atoms with Crippen molar-refractivity contribution in [2.75, 3.05) is 24.5 Å². The van der Waals surface area contributed by atoms with Crippen LogP contribution < -0.4 is 15.4 Å². The minimum Gasteiger partial charge on any atom is -0.408 e. The van der Waals surface area contributed by atoms with Gasteiger partial charge in [-0.15, -0.1) is 0 Å². The fourth-order valence-electron chi connectivity index (χ4n) is 3.57. The first kappa shape index (κ1) is 20.1. The van der Waals surface area contributed by atoms with Gasteiger partial charge in [0, 0.05) is 39.1 Å². The van der Waals surface area contributed by atoms with E-state index in [-0.39, 0.29) is 10.8 Å². The van der Waals surface area contributed by atoms with Crippen molar-refractivity contribution in [1.29, 1.82) is 5.26 Å². The zero-order chi connectivity index (χ0) is 21.3. The summed E-state index contributed by atoms with van der Waals surface area (Å²) in [6.07, 6.45) is 4.57. The van der Waals surface area contributed by atoms with Gasteiger partial charge >= 0.3 is 5.76 Å². The van der Waals surface area contributed by atoms with E-state index in [1.807, 2.05) is 4.90 Å². The third-order valence-electron chi connectivity index (χ3n) is 5.33. The van der Waals surface area contributed by atoms with Gasteiger partial charge in [0.1, 0.15) is 6.07 Å². The van der Waals surface area contributed by atoms with E-state index in [0.717, 1.165) is 12.8 Å². The topological polar surface area (TPSA) is 134 Å². The van der Waals surface area contributed by atoms with Crippen molar-refractivity contribution in [2.24, 2.45) is 13.0 Å². The van der Waals surface area contributed by atoms with E-state index < -0.39 is 15.8 Å². The maximum atomic E-state index is 12.7. The molecule has 11 heteroatoms. The molecule has 0 saturated carbocycles. The summed E-state index contributed by atoms with van der Waals surface area (Å²) < 4.78 is 34.4. The van der Waals surface area contributed by atoms with E-state index in [2.05, 4.69) is 20.8 Å². The van der Waals surface area contributed by atoms with Crippen LogP contribution >= 0.6 is 0 Å². The van der Waals surface area contributed by atoms with Crippen molar-refractivity contribution in [1.82, 2.24) is 19.3 Å². The summed E-state index contributed by atoms with van der Waals surface area (Å²) in [6.45, 7) is 1.65. The molecule has 3 heterocycles. The molecule has 30 heavy (non-hydrogen) atoms. The molecule has 1 aromatic carbocycles. The second kappa shape index (κ2) is 7.89. The number of rotatable bonds is 5. The molecule has 3 aromatic rings. The smallest absolute Gasteiger partial charge is 0.408 e. The Morgan fingerprint density at radius 1 is 1.27 bits per heavy atom. The van der Waals surface area contributed by atoms with Gasteiger partial charge in [-0.1, -0.05) is 0 Å². The Bertz CT molecular complexity index is 1280. The van der Waals surface area contributed by atoms with E-state index in [1.165, 1.54) is 36.0 Å². The molecule has 2 aromatic heterocycles. The van der Waals surface area contributed by atoms with Crippen LogP contribution in [0.4, 0.5) is 5.82 Å². The first-order chi connectivity index (χ1) is 14.4. The second-order valence-corrected chi connectivity index (χ2v) is 8.95. The van der Waals surface area contributed by atoms with Gasteiger partial charge in [-0.25, -0.2) is 27.9 Å². The lowest BCUT2D eigenvalue weighted by Crippen LogP contribution is -2.39. The van der Waals surface area contributed by atoms with E-state index in [9.17, 15) is 18.5 Å². The molecule has 0 unspecified atom stereocenters. The molecule has 1 saturated heterocycles. The Balaban J connectivity index is 1.40. The summed E-state index contributed by atoms with van der Waals surface area (Å²) in [4.78, 5) is 22.0. The molecule has 4 rings (SSSR count). The average molecular weight is 428 g/mol. The molecule has 0 bridgehead atoms. The molecule has 10 nitrogen and oxygen atoms in total. The number of aryl methyl sites for hydroxylation is 1. The third-order valence-corrected chi connectivity index (χ3v) is 6.76. The highest BCUT2D eigenvalue weighted by molar-refractivity contribution is 7.89. The van der Waals surface area contributed by atoms with Crippen molar-refractivity contribution in [3.05, 3.63) is 46.8 Å². The molecular formula is C19H20N6O4S. The van der Waals surface area contributed by atoms with Crippen LogP contribution in [0.5, 0.6) is 0 Å². The highest BCUT2D eigenvalue weighted by Gasteiger charge is 2.24. The second-order valence-electron chi connectivity index (χ2n) is 7.18. The highest BCUT2D eigenvalue weighted by atomic mass is 32.2. The van der Waals surface area contributed by atoms with Gasteiger partial charge in [0.15, 0.2) is 17.1 Å². The lowest BCUT2D eigenvalue weighted by Gasteiger charge is -2.32. The Hall–Kier alpha value is -3.23. The van der Waals surface area contributed by atoms with E-state index >= 15 is 0 Å². The summed E-state index contributed by atoms with van der Waals surface area (Å²) in [5, 5.41) is 9.19. The fourth-order valence-corrected chi connectivity index (χ4v) is 4.71. The summed E-state index contributed by atoms with van der Waals surface area (Å²) in [5.74, 6) is 0.195. The van der Waals surface area contributed by atoms with Crippen LogP contribution in [-0.2, 0) is 17.1 Å². The Labute approximate surface area is 172 Å². The summed E-state index contributed by atoms with van der Waals surface area (Å²) in [7, 11) is -2.19. The third kappa shape index (κ3) is 3.79. The summed E-state index contributed by atoms with van der Waals surface area (Å²) in [5.41, 5.74) is 1.06. The molecule has 1 N–H and O–H groups in total. The van der Waals surface area contributed by atoms with E-state index in [1.54, 1.807) is 6.20 Å². The molecule has 0 atom stereocenters. The van der Waals surface area contributed by atoms with Crippen molar-refractivity contribution < 1.29 is 12.8 Å². The van der Waals surface area contributed by atoms with Crippen LogP contribution in [0.2, 0.25) is 0 Å². The van der Waals surface area contributed by atoms with Crippen molar-refractivity contribution in [3.63, 3.8) is 0 Å². The first-order valence-electron chi connectivity index (χ1n) is 9.44. The number of hydrogen-bond donors (Lipinski definition) is 1. The van der Waals surface area contributed by atoms with E-state index in [0.29, 0.717) is 42.2 Å². The number of piperidine rings is 1. The predicted octanol–water partition coefficient (Wildman–Crippen LogP) is 0.988. The number of anilines is 1. The van der Waals surface area contributed by atoms with Gasteiger partial charge < -0.3 is 9.32 Å². The Morgan fingerprint density at radius 3 is 2.73 bits per heavy atom. The molecule has 0 aliphatic carbocycles. The number of nitrogens with zero attached hydrogens (tertiary/aromatic N) is 5. The minimum atomic E-state index is -3.72. The first-order valence-corrected chi connectivity index (χ1v) is 10.9. The molecule has 0 radical (unpaired) electrons. The van der Waals surface area contributed by atoms with Crippen LogP contribution in [-0.4, -0.2) is 42.6 Å². The molecule has 156 valence electrons. The van der Waals surface area contributed by atoms with Crippen LogP contribution in [0.15, 0.2) is 44.7 Å². The average Bonchev–Trinajstić information content (AvgIpc) is 3.06. The normalized spacial score (nSPS) is 15.4. The van der Waals surface area contributed by atoms with Crippen LogP contribution in [0.1, 0.15) is 18.5 Å². The maximum absolute atomic E-state index is 12.7. The van der Waals surface area contributed by atoms with E-state index in [4.69, 9.17) is 4.42 Å². The zero-order valence-corrected chi connectivity index (χ0v) is 17.1. The molecule has 0 amide bonds. The maximum Gasteiger partial charge on any atom is 0.419 e. The fraction of sp³-hybridized carbons (Fsp3) is 0.368. The SMILES string of the molecule is Cn1c(=O)oc2ccc(S(=O)(=O)NCC3CCN(c4nccnc4C#N)CC3)cc21. The van der Waals surface area contributed by atoms with Gasteiger partial charge in [-0.2, -0.15) is 5.26 Å². The summed E-state index contributed by atoms with van der Waals surface area (Å²) in [6, 6.07) is 6.39. The van der Waals surface area contributed by atoms with Gasteiger partial charge in [-0.3, -0.25) is 4.57 Å². The van der Waals surface area contributed by atoms with Gasteiger partial charge in [0.25, 0.3) is 0 Å². The lowest BCUT2D eigenvalue weighted by molar-refractivity contribution is 0.400. The number of nitrogens with one attached hydrogen (secondary N) is 1.